The van der Waals surface area contributed by atoms with Crippen LogP contribution in [0, 0.1) is 11.3 Å². The van der Waals surface area contributed by atoms with Gasteiger partial charge >= 0.3 is 0 Å². The van der Waals surface area contributed by atoms with Gasteiger partial charge in [0.25, 0.3) is 13.5 Å². The molecule has 0 saturated carbocycles. The summed E-state index contributed by atoms with van der Waals surface area (Å²) in [6, 6.07) is 8.46. The highest BCUT2D eigenvalue weighted by molar-refractivity contribution is 6.76. The number of ether oxygens (including phenoxy) is 4. The van der Waals surface area contributed by atoms with E-state index in [-0.39, 0.29) is 6.61 Å². The summed E-state index contributed by atoms with van der Waals surface area (Å²) in [5.74, 6) is -2.02. The Morgan fingerprint density at radius 3 is 2.32 bits per heavy atom. The minimum Gasteiger partial charge on any atom is -0.446 e. The maximum absolute atomic E-state index is 12.3. The number of rotatable bonds is 3. The predicted molar refractivity (Wildman–Crippen MR) is 119 cm³/mol. The quantitative estimate of drug-likeness (QED) is 0.322. The lowest BCUT2D eigenvalue weighted by atomic mass is 9.88. The van der Waals surface area contributed by atoms with Crippen LogP contribution in [0.2, 0.25) is 0 Å². The third-order valence-electron chi connectivity index (χ3n) is 4.86. The van der Waals surface area contributed by atoms with Crippen molar-refractivity contribution in [2.75, 3.05) is 6.61 Å². The van der Waals surface area contributed by atoms with Gasteiger partial charge in [-0.3, -0.25) is 10.2 Å². The lowest BCUT2D eigenvalue weighted by Crippen LogP contribution is -2.64. The van der Waals surface area contributed by atoms with Crippen LogP contribution in [-0.2, 0) is 23.7 Å². The van der Waals surface area contributed by atoms with Gasteiger partial charge in [0.15, 0.2) is 6.29 Å². The summed E-state index contributed by atoms with van der Waals surface area (Å²) < 4.78 is 18.9. The normalized spacial score (nSPS) is 31.5. The maximum Gasteiger partial charge on any atom is 0.272 e. The van der Waals surface area contributed by atoms with Crippen LogP contribution in [-0.4, -0.2) is 50.5 Å². The van der Waals surface area contributed by atoms with E-state index >= 15 is 0 Å². The molecule has 2 saturated heterocycles. The van der Waals surface area contributed by atoms with Gasteiger partial charge in [-0.05, 0) is 0 Å². The molecule has 2 N–H and O–H groups in total. The van der Waals surface area contributed by atoms with Crippen molar-refractivity contribution in [1.82, 2.24) is 5.32 Å². The second-order valence-corrected chi connectivity index (χ2v) is 11.6. The molecule has 2 fully saturated rings. The van der Waals surface area contributed by atoms with Gasteiger partial charge in [0.2, 0.25) is 12.2 Å². The first-order valence-corrected chi connectivity index (χ1v) is 11.3. The van der Waals surface area contributed by atoms with E-state index in [1.807, 2.05) is 30.3 Å². The highest BCUT2D eigenvalue weighted by Gasteiger charge is 2.51. The molecule has 2 heterocycles. The molecule has 3 rings (SSSR count). The van der Waals surface area contributed by atoms with Crippen molar-refractivity contribution in [2.45, 2.75) is 45.3 Å². The number of nitrogens with one attached hydrogen (secondary N) is 2. The monoisotopic (exact) mass is 552 g/mol. The predicted octanol–water partition coefficient (Wildman–Crippen LogP) is 4.68. The fraction of sp³-hybridized carbons (Fsp3) is 0.556. The summed E-state index contributed by atoms with van der Waals surface area (Å²) >= 11 is 34.2. The maximum atomic E-state index is 12.3. The van der Waals surface area contributed by atoms with E-state index in [1.54, 1.807) is 6.92 Å². The van der Waals surface area contributed by atoms with Gasteiger partial charge in [0.05, 0.1) is 18.8 Å². The smallest absolute Gasteiger partial charge is 0.272 e. The van der Waals surface area contributed by atoms with Gasteiger partial charge < -0.3 is 24.3 Å². The van der Waals surface area contributed by atoms with Gasteiger partial charge in [-0.15, -0.1) is 0 Å². The molecule has 2 aliphatic rings. The van der Waals surface area contributed by atoms with Gasteiger partial charge in [0, 0.05) is 11.5 Å². The summed E-state index contributed by atoms with van der Waals surface area (Å²) in [7, 11) is 0. The summed E-state index contributed by atoms with van der Waals surface area (Å²) in [6.07, 6.45) is -2.95. The molecule has 1 amide bonds. The Bertz CT molecular complexity index is 803. The van der Waals surface area contributed by atoms with Crippen molar-refractivity contribution < 1.29 is 23.7 Å². The summed E-state index contributed by atoms with van der Waals surface area (Å²) in [5, 5.41) is 10.4. The summed E-state index contributed by atoms with van der Waals surface area (Å²) in [6.45, 7) is 1.97. The molecule has 172 valence electrons. The Morgan fingerprint density at radius 2 is 1.74 bits per heavy atom. The van der Waals surface area contributed by atoms with Crippen molar-refractivity contribution in [3.63, 3.8) is 0 Å². The Morgan fingerprint density at radius 1 is 1.10 bits per heavy atom. The van der Waals surface area contributed by atoms with E-state index in [2.05, 4.69) is 5.32 Å². The van der Waals surface area contributed by atoms with E-state index in [4.69, 9.17) is 94.0 Å². The van der Waals surface area contributed by atoms with Crippen LogP contribution < -0.4 is 5.32 Å². The second-order valence-electron chi connectivity index (χ2n) is 7.02. The number of halogens is 6. The topological polar surface area (TPSA) is 89.9 Å². The Hall–Kier alpha value is -0.220. The Labute approximate surface area is 208 Å². The molecule has 6 atom stereocenters. The zero-order valence-electron chi connectivity index (χ0n) is 15.9. The van der Waals surface area contributed by atoms with Crippen molar-refractivity contribution in [3.05, 3.63) is 35.9 Å². The zero-order chi connectivity index (χ0) is 23.0. The highest BCUT2D eigenvalue weighted by Crippen LogP contribution is 2.39. The van der Waals surface area contributed by atoms with Crippen molar-refractivity contribution >= 4 is 81.4 Å². The Balaban J connectivity index is 1.82. The lowest BCUT2D eigenvalue weighted by Gasteiger charge is -2.48. The number of alkyl halides is 6. The van der Waals surface area contributed by atoms with Crippen LogP contribution in [0.25, 0.3) is 0 Å². The second kappa shape index (κ2) is 9.95. The Kier molecular flexibility index (Phi) is 8.16. The third kappa shape index (κ3) is 6.22. The molecule has 13 heteroatoms. The lowest BCUT2D eigenvalue weighted by molar-refractivity contribution is -0.326. The number of hydrogen-bond donors (Lipinski definition) is 2. The van der Waals surface area contributed by atoms with Crippen LogP contribution >= 0.6 is 69.6 Å². The molecule has 2 aliphatic heterocycles. The number of fused-ring (bicyclic) bond motifs is 1. The fourth-order valence-electron chi connectivity index (χ4n) is 3.34. The highest BCUT2D eigenvalue weighted by atomic mass is 35.6. The van der Waals surface area contributed by atoms with Crippen LogP contribution in [0.5, 0.6) is 0 Å². The number of carbonyl (C=O) groups is 1. The number of amides is 1. The van der Waals surface area contributed by atoms with E-state index in [0.29, 0.717) is 0 Å². The molecule has 0 bridgehead atoms. The standard InChI is InChI=1S/C18H18Cl6N2O5/c1-8-11(26-16(27)18(22,23)24)14(31-15(25)17(19,20)21)29-10-7-28-13(30-12(8)10)9-5-3-2-4-6-9/h2-6,8,10-14,25H,7H2,1H3,(H,26,27). The van der Waals surface area contributed by atoms with E-state index in [0.717, 1.165) is 5.56 Å². The van der Waals surface area contributed by atoms with Crippen molar-refractivity contribution in [1.29, 1.82) is 5.41 Å². The van der Waals surface area contributed by atoms with Gasteiger partial charge in [-0.2, -0.15) is 0 Å². The number of benzene rings is 1. The molecule has 31 heavy (non-hydrogen) atoms. The fourth-order valence-corrected chi connectivity index (χ4v) is 3.63. The summed E-state index contributed by atoms with van der Waals surface area (Å²) in [4.78, 5) is 12.3. The molecule has 0 radical (unpaired) electrons. The number of hydrogen-bond acceptors (Lipinski definition) is 6. The van der Waals surface area contributed by atoms with Crippen molar-refractivity contribution in [2.24, 2.45) is 5.92 Å². The SMILES string of the molecule is CC1C(NC(=O)C(Cl)(Cl)Cl)C(OC(=N)C(Cl)(Cl)Cl)OC2COC(c3ccccc3)OC21. The van der Waals surface area contributed by atoms with Crippen LogP contribution in [0.1, 0.15) is 18.8 Å². The molecule has 7 nitrogen and oxygen atoms in total. The minimum atomic E-state index is -2.23. The first kappa shape index (κ1) is 25.4. The minimum absolute atomic E-state index is 0.167. The molecular weight excluding hydrogens is 537 g/mol. The molecule has 0 aliphatic carbocycles. The molecular formula is C18H18Cl6N2O5. The molecule has 1 aromatic carbocycles. The van der Waals surface area contributed by atoms with Gasteiger partial charge in [0.1, 0.15) is 6.10 Å². The largest absolute Gasteiger partial charge is 0.446 e. The zero-order valence-corrected chi connectivity index (χ0v) is 20.4. The first-order valence-electron chi connectivity index (χ1n) is 9.05. The van der Waals surface area contributed by atoms with Crippen LogP contribution in [0.15, 0.2) is 30.3 Å². The molecule has 1 aromatic rings. The average molecular weight is 555 g/mol. The molecule has 0 spiro atoms. The van der Waals surface area contributed by atoms with E-state index in [1.165, 1.54) is 0 Å². The average Bonchev–Trinajstić information content (AvgIpc) is 2.69. The van der Waals surface area contributed by atoms with Crippen LogP contribution in [0.4, 0.5) is 0 Å². The number of carbonyl (C=O) groups excluding carboxylic acids is 1. The van der Waals surface area contributed by atoms with E-state index < -0.39 is 56.1 Å². The van der Waals surface area contributed by atoms with Crippen LogP contribution in [0.3, 0.4) is 0 Å². The van der Waals surface area contributed by atoms with E-state index in [9.17, 15) is 4.79 Å². The van der Waals surface area contributed by atoms with Gasteiger partial charge in [-0.1, -0.05) is 107 Å². The summed E-state index contributed by atoms with van der Waals surface area (Å²) in [5.41, 5.74) is 0.825. The van der Waals surface area contributed by atoms with Crippen molar-refractivity contribution in [3.8, 4) is 0 Å². The molecule has 0 aromatic heterocycles. The van der Waals surface area contributed by atoms with Gasteiger partial charge in [-0.25, -0.2) is 0 Å². The third-order valence-corrected chi connectivity index (χ3v) is 5.89. The molecule has 6 unspecified atom stereocenters. The first-order chi connectivity index (χ1) is 14.4.